The Morgan fingerprint density at radius 1 is 1.36 bits per heavy atom. The second-order valence-corrected chi connectivity index (χ2v) is 3.42. The first-order valence-corrected chi connectivity index (χ1v) is 4.03. The van der Waals surface area contributed by atoms with Gasteiger partial charge in [-0.05, 0) is 31.5 Å². The van der Waals surface area contributed by atoms with E-state index in [1.807, 2.05) is 7.05 Å². The molecular weight excluding hydrogens is 134 g/mol. The van der Waals surface area contributed by atoms with E-state index in [1.54, 1.807) is 0 Å². The molecule has 0 saturated carbocycles. The van der Waals surface area contributed by atoms with E-state index in [-0.39, 0.29) is 5.54 Å². The molecule has 1 aliphatic carbocycles. The van der Waals surface area contributed by atoms with Crippen molar-refractivity contribution in [3.63, 3.8) is 0 Å². The summed E-state index contributed by atoms with van der Waals surface area (Å²) in [5.74, 6) is 0. The number of hydrogen-bond donors (Lipinski definition) is 1. The Morgan fingerprint density at radius 2 is 2.09 bits per heavy atom. The van der Waals surface area contributed by atoms with Gasteiger partial charge in [-0.25, -0.2) is 0 Å². The number of fused-ring (bicyclic) bond motifs is 1. The maximum Gasteiger partial charge on any atom is 0.0447 e. The van der Waals surface area contributed by atoms with E-state index in [1.165, 1.54) is 17.5 Å². The van der Waals surface area contributed by atoms with Gasteiger partial charge in [0.05, 0.1) is 0 Å². The van der Waals surface area contributed by atoms with E-state index in [9.17, 15) is 0 Å². The van der Waals surface area contributed by atoms with Gasteiger partial charge in [-0.3, -0.25) is 0 Å². The molecule has 2 rings (SSSR count). The van der Waals surface area contributed by atoms with E-state index < -0.39 is 0 Å². The minimum atomic E-state index is 0.247. The van der Waals surface area contributed by atoms with Crippen molar-refractivity contribution in [2.24, 2.45) is 0 Å². The molecule has 0 saturated heterocycles. The van der Waals surface area contributed by atoms with Gasteiger partial charge in [-0.2, -0.15) is 0 Å². The van der Waals surface area contributed by atoms with Crippen LogP contribution < -0.4 is 5.32 Å². The topological polar surface area (TPSA) is 12.0 Å². The van der Waals surface area contributed by atoms with Gasteiger partial charge >= 0.3 is 0 Å². The smallest absolute Gasteiger partial charge is 0.0447 e. The first-order chi connectivity index (χ1) is 5.26. The maximum atomic E-state index is 3.33. The van der Waals surface area contributed by atoms with Crippen LogP contribution >= 0.6 is 0 Å². The van der Waals surface area contributed by atoms with Gasteiger partial charge in [-0.1, -0.05) is 24.3 Å². The molecule has 0 spiro atoms. The van der Waals surface area contributed by atoms with Crippen molar-refractivity contribution >= 4 is 0 Å². The zero-order valence-electron chi connectivity index (χ0n) is 7.02. The van der Waals surface area contributed by atoms with Crippen molar-refractivity contribution in [2.75, 3.05) is 7.05 Å². The van der Waals surface area contributed by atoms with Gasteiger partial charge < -0.3 is 5.32 Å². The highest BCUT2D eigenvalue weighted by Crippen LogP contribution is 2.37. The van der Waals surface area contributed by atoms with Crippen molar-refractivity contribution in [3.05, 3.63) is 35.4 Å². The first kappa shape index (κ1) is 6.86. The summed E-state index contributed by atoms with van der Waals surface area (Å²) in [6.45, 7) is 2.25. The third-order valence-corrected chi connectivity index (χ3v) is 2.71. The third-order valence-electron chi connectivity index (χ3n) is 2.71. The van der Waals surface area contributed by atoms with Crippen molar-refractivity contribution in [1.82, 2.24) is 5.32 Å². The van der Waals surface area contributed by atoms with Crippen LogP contribution in [-0.2, 0) is 12.0 Å². The molecule has 1 N–H and O–H groups in total. The second kappa shape index (κ2) is 2.08. The number of hydrogen-bond acceptors (Lipinski definition) is 1. The summed E-state index contributed by atoms with van der Waals surface area (Å²) in [7, 11) is 2.02. The number of nitrogens with one attached hydrogen (secondary N) is 1. The van der Waals surface area contributed by atoms with Crippen molar-refractivity contribution in [2.45, 2.75) is 18.9 Å². The number of likely N-dealkylation sites (N-methyl/N-ethyl adjacent to an activating group) is 1. The first-order valence-electron chi connectivity index (χ1n) is 4.03. The highest BCUT2D eigenvalue weighted by atomic mass is 14.9. The fourth-order valence-corrected chi connectivity index (χ4v) is 1.81. The van der Waals surface area contributed by atoms with Gasteiger partial charge in [-0.15, -0.1) is 0 Å². The summed E-state index contributed by atoms with van der Waals surface area (Å²) >= 11 is 0. The predicted molar refractivity (Wildman–Crippen MR) is 46.6 cm³/mol. The van der Waals surface area contributed by atoms with Crippen LogP contribution in [0.5, 0.6) is 0 Å². The summed E-state index contributed by atoms with van der Waals surface area (Å²) in [6.07, 6.45) is 1.17. The monoisotopic (exact) mass is 147 g/mol. The Kier molecular flexibility index (Phi) is 1.30. The summed E-state index contributed by atoms with van der Waals surface area (Å²) in [5.41, 5.74) is 3.20. The highest BCUT2D eigenvalue weighted by molar-refractivity contribution is 5.43. The minimum absolute atomic E-state index is 0.247. The minimum Gasteiger partial charge on any atom is -0.310 e. The van der Waals surface area contributed by atoms with Crippen molar-refractivity contribution < 1.29 is 0 Å². The summed E-state index contributed by atoms with van der Waals surface area (Å²) in [5, 5.41) is 3.33. The molecule has 0 amide bonds. The van der Waals surface area contributed by atoms with Gasteiger partial charge in [0.1, 0.15) is 0 Å². The van der Waals surface area contributed by atoms with E-state index in [0.717, 1.165) is 0 Å². The van der Waals surface area contributed by atoms with E-state index in [4.69, 9.17) is 0 Å². The van der Waals surface area contributed by atoms with E-state index in [2.05, 4.69) is 36.5 Å². The molecule has 58 valence electrons. The van der Waals surface area contributed by atoms with Crippen LogP contribution in [0, 0.1) is 0 Å². The molecule has 0 heterocycles. The van der Waals surface area contributed by atoms with Gasteiger partial charge in [0.25, 0.3) is 0 Å². The second-order valence-electron chi connectivity index (χ2n) is 3.42. The Morgan fingerprint density at radius 3 is 2.73 bits per heavy atom. The molecule has 1 aromatic carbocycles. The van der Waals surface area contributed by atoms with E-state index >= 15 is 0 Å². The van der Waals surface area contributed by atoms with Crippen molar-refractivity contribution in [1.29, 1.82) is 0 Å². The third kappa shape index (κ3) is 0.809. The normalized spacial score (nSPS) is 27.5. The lowest BCUT2D eigenvalue weighted by molar-refractivity contribution is 0.346. The Labute approximate surface area is 67.4 Å². The van der Waals surface area contributed by atoms with Crippen LogP contribution in [-0.4, -0.2) is 7.05 Å². The Hall–Kier alpha value is -0.820. The highest BCUT2D eigenvalue weighted by Gasteiger charge is 2.35. The molecule has 1 unspecified atom stereocenters. The van der Waals surface area contributed by atoms with Crippen molar-refractivity contribution in [3.8, 4) is 0 Å². The molecule has 1 nitrogen and oxygen atoms in total. The van der Waals surface area contributed by atoms with E-state index in [0.29, 0.717) is 0 Å². The molecule has 0 aromatic heterocycles. The van der Waals surface area contributed by atoms with Gasteiger partial charge in [0.15, 0.2) is 0 Å². The fourth-order valence-electron chi connectivity index (χ4n) is 1.81. The quantitative estimate of drug-likeness (QED) is 0.637. The lowest BCUT2D eigenvalue weighted by Gasteiger charge is -2.41. The fraction of sp³-hybridized carbons (Fsp3) is 0.400. The van der Waals surface area contributed by atoms with Crippen LogP contribution in [0.15, 0.2) is 24.3 Å². The predicted octanol–water partition coefficient (Wildman–Crippen LogP) is 1.68. The molecule has 0 bridgehead atoms. The zero-order valence-corrected chi connectivity index (χ0v) is 7.02. The average Bonchev–Trinajstić information content (AvgIpc) is 2.02. The van der Waals surface area contributed by atoms with Gasteiger partial charge in [0, 0.05) is 5.54 Å². The molecule has 0 radical (unpaired) electrons. The molecule has 1 aliphatic rings. The lowest BCUT2D eigenvalue weighted by Crippen LogP contribution is -2.46. The summed E-state index contributed by atoms with van der Waals surface area (Å²) in [4.78, 5) is 0. The van der Waals surface area contributed by atoms with Crippen LogP contribution in [0.2, 0.25) is 0 Å². The lowest BCUT2D eigenvalue weighted by atomic mass is 9.72. The zero-order chi connectivity index (χ0) is 7.90. The van der Waals surface area contributed by atoms with Crippen LogP contribution in [0.1, 0.15) is 18.1 Å². The largest absolute Gasteiger partial charge is 0.310 e. The van der Waals surface area contributed by atoms with Crippen LogP contribution in [0.25, 0.3) is 0 Å². The standard InChI is InChI=1S/C10H13N/c1-10(11-2)7-8-5-3-4-6-9(8)10/h3-6,11H,7H2,1-2H3. The Balaban J connectivity index is 2.43. The summed E-state index contributed by atoms with van der Waals surface area (Å²) < 4.78 is 0. The SMILES string of the molecule is CNC1(C)Cc2ccccc21. The molecule has 0 fully saturated rings. The average molecular weight is 147 g/mol. The summed E-state index contributed by atoms with van der Waals surface area (Å²) in [6, 6.07) is 8.62. The molecule has 0 aliphatic heterocycles. The molecule has 1 atom stereocenters. The molecule has 1 aromatic rings. The molecular formula is C10H13N. The van der Waals surface area contributed by atoms with Crippen LogP contribution in [0.3, 0.4) is 0 Å². The van der Waals surface area contributed by atoms with Crippen LogP contribution in [0.4, 0.5) is 0 Å². The maximum absolute atomic E-state index is 3.33. The molecule has 11 heavy (non-hydrogen) atoms. The number of rotatable bonds is 1. The molecule has 1 heteroatoms. The van der Waals surface area contributed by atoms with Gasteiger partial charge in [0.2, 0.25) is 0 Å². The Bertz CT molecular complexity index is 280. The number of benzene rings is 1.